The fourth-order valence-electron chi connectivity index (χ4n) is 2.79. The van der Waals surface area contributed by atoms with Gasteiger partial charge in [-0.15, -0.1) is 11.3 Å². The van der Waals surface area contributed by atoms with E-state index < -0.39 is 0 Å². The molecule has 0 saturated carbocycles. The van der Waals surface area contributed by atoms with E-state index in [4.69, 9.17) is 4.52 Å². The van der Waals surface area contributed by atoms with Crippen LogP contribution in [0, 0.1) is 6.92 Å². The van der Waals surface area contributed by atoms with Gasteiger partial charge in [0.05, 0.1) is 6.42 Å². The van der Waals surface area contributed by atoms with Gasteiger partial charge in [-0.2, -0.15) is 0 Å². The number of carbonyl (C=O) groups is 2. The molecule has 1 fully saturated rings. The summed E-state index contributed by atoms with van der Waals surface area (Å²) in [6, 6.07) is 5.59. The van der Waals surface area contributed by atoms with Gasteiger partial charge in [0, 0.05) is 50.2 Å². The van der Waals surface area contributed by atoms with Crippen LogP contribution in [0.1, 0.15) is 21.1 Å². The molecule has 0 bridgehead atoms. The van der Waals surface area contributed by atoms with Gasteiger partial charge in [0.1, 0.15) is 5.76 Å². The van der Waals surface area contributed by atoms with Crippen LogP contribution in [0.5, 0.6) is 0 Å². The van der Waals surface area contributed by atoms with Crippen LogP contribution in [0.15, 0.2) is 28.1 Å². The zero-order valence-electron chi connectivity index (χ0n) is 14.2. The van der Waals surface area contributed by atoms with Gasteiger partial charge in [0.25, 0.3) is 5.91 Å². The average Bonchev–Trinajstić information content (AvgIpc) is 3.26. The third-order valence-corrected chi connectivity index (χ3v) is 5.05. The minimum atomic E-state index is -0.0826. The normalized spacial score (nSPS) is 15.3. The van der Waals surface area contributed by atoms with Crippen LogP contribution in [0.3, 0.4) is 0 Å². The third kappa shape index (κ3) is 4.90. The summed E-state index contributed by atoms with van der Waals surface area (Å²) in [5, 5.41) is 8.71. The maximum atomic E-state index is 12.3. The number of nitrogens with zero attached hydrogens (tertiary/aromatic N) is 3. The van der Waals surface area contributed by atoms with E-state index in [-0.39, 0.29) is 11.8 Å². The molecule has 8 heteroatoms. The van der Waals surface area contributed by atoms with E-state index in [1.54, 1.807) is 29.2 Å². The molecular weight excluding hydrogens is 340 g/mol. The number of aryl methyl sites for hydroxylation is 1. The maximum Gasteiger partial charge on any atom is 0.276 e. The van der Waals surface area contributed by atoms with Gasteiger partial charge < -0.3 is 14.7 Å². The lowest BCUT2D eigenvalue weighted by atomic mass is 10.2. The maximum absolute atomic E-state index is 12.3. The number of hydrogen-bond acceptors (Lipinski definition) is 6. The number of amides is 2. The molecule has 0 unspecified atom stereocenters. The number of aromatic nitrogens is 1. The summed E-state index contributed by atoms with van der Waals surface area (Å²) in [6.45, 7) is 6.10. The van der Waals surface area contributed by atoms with Crippen molar-refractivity contribution in [3.05, 3.63) is 39.9 Å². The predicted molar refractivity (Wildman–Crippen MR) is 94.6 cm³/mol. The highest BCUT2D eigenvalue weighted by Gasteiger charge is 2.24. The highest BCUT2D eigenvalue weighted by atomic mass is 32.1. The van der Waals surface area contributed by atoms with E-state index in [2.05, 4.69) is 15.4 Å². The first-order valence-electron chi connectivity index (χ1n) is 8.36. The summed E-state index contributed by atoms with van der Waals surface area (Å²) in [7, 11) is 0. The molecular formula is C17H22N4O3S. The van der Waals surface area contributed by atoms with Crippen molar-refractivity contribution in [1.82, 2.24) is 20.3 Å². The molecule has 0 radical (unpaired) electrons. The molecule has 3 heterocycles. The predicted octanol–water partition coefficient (Wildman–Crippen LogP) is 1.16. The Labute approximate surface area is 150 Å². The summed E-state index contributed by atoms with van der Waals surface area (Å²) in [4.78, 5) is 29.3. The molecule has 0 aliphatic carbocycles. The number of rotatable bonds is 6. The number of piperazine rings is 1. The molecule has 0 aromatic carbocycles. The van der Waals surface area contributed by atoms with Crippen molar-refractivity contribution in [3.8, 4) is 0 Å². The van der Waals surface area contributed by atoms with Crippen LogP contribution >= 0.6 is 11.3 Å². The second-order valence-corrected chi connectivity index (χ2v) is 7.09. The van der Waals surface area contributed by atoms with Gasteiger partial charge in [-0.25, -0.2) is 0 Å². The van der Waals surface area contributed by atoms with Crippen molar-refractivity contribution in [2.75, 3.05) is 39.3 Å². The third-order valence-electron chi connectivity index (χ3n) is 4.17. The van der Waals surface area contributed by atoms with Gasteiger partial charge in [0.2, 0.25) is 5.91 Å². The molecule has 1 N–H and O–H groups in total. The lowest BCUT2D eigenvalue weighted by Gasteiger charge is -2.34. The minimum Gasteiger partial charge on any atom is -0.361 e. The summed E-state index contributed by atoms with van der Waals surface area (Å²) in [5.41, 5.74) is 0.367. The molecule has 0 atom stereocenters. The molecule has 1 saturated heterocycles. The zero-order valence-corrected chi connectivity index (χ0v) is 15.1. The topological polar surface area (TPSA) is 78.7 Å². The first kappa shape index (κ1) is 17.6. The smallest absolute Gasteiger partial charge is 0.276 e. The monoisotopic (exact) mass is 362 g/mol. The number of thiophene rings is 1. The van der Waals surface area contributed by atoms with Crippen LogP contribution in [0.25, 0.3) is 0 Å². The molecule has 2 amide bonds. The fourth-order valence-corrected chi connectivity index (χ4v) is 3.49. The average molecular weight is 362 g/mol. The summed E-state index contributed by atoms with van der Waals surface area (Å²) >= 11 is 1.59. The Kier molecular flexibility index (Phi) is 5.83. The molecule has 0 spiro atoms. The molecule has 3 rings (SSSR count). The second kappa shape index (κ2) is 8.26. The van der Waals surface area contributed by atoms with E-state index in [1.807, 2.05) is 17.5 Å². The van der Waals surface area contributed by atoms with Crippen molar-refractivity contribution < 1.29 is 14.1 Å². The molecule has 2 aromatic rings. The van der Waals surface area contributed by atoms with E-state index in [0.717, 1.165) is 24.5 Å². The van der Waals surface area contributed by atoms with E-state index in [0.29, 0.717) is 37.5 Å². The number of nitrogens with one attached hydrogen (secondary N) is 1. The van der Waals surface area contributed by atoms with Crippen molar-refractivity contribution in [2.24, 2.45) is 0 Å². The summed E-state index contributed by atoms with van der Waals surface area (Å²) in [6.07, 6.45) is 0.442. The van der Waals surface area contributed by atoms with Crippen molar-refractivity contribution in [1.29, 1.82) is 0 Å². The van der Waals surface area contributed by atoms with Gasteiger partial charge in [0.15, 0.2) is 5.69 Å². The summed E-state index contributed by atoms with van der Waals surface area (Å²) < 4.78 is 4.96. The summed E-state index contributed by atoms with van der Waals surface area (Å²) in [5.74, 6) is 0.610. The Morgan fingerprint density at radius 1 is 1.32 bits per heavy atom. The Morgan fingerprint density at radius 2 is 2.12 bits per heavy atom. The Hall–Kier alpha value is -2.19. The molecule has 25 heavy (non-hydrogen) atoms. The van der Waals surface area contributed by atoms with Gasteiger partial charge in [-0.05, 0) is 18.4 Å². The van der Waals surface area contributed by atoms with E-state index >= 15 is 0 Å². The molecule has 1 aliphatic heterocycles. The SMILES string of the molecule is Cc1cc(C(=O)N2CCN(CCNC(=O)Cc3cccs3)CC2)no1. The van der Waals surface area contributed by atoms with Gasteiger partial charge in [-0.3, -0.25) is 14.5 Å². The lowest BCUT2D eigenvalue weighted by molar-refractivity contribution is -0.120. The van der Waals surface area contributed by atoms with Crippen LogP contribution in [0.4, 0.5) is 0 Å². The highest BCUT2D eigenvalue weighted by molar-refractivity contribution is 7.10. The fraction of sp³-hybridized carbons (Fsp3) is 0.471. The number of hydrogen-bond donors (Lipinski definition) is 1. The first-order chi connectivity index (χ1) is 12.1. The van der Waals surface area contributed by atoms with Crippen molar-refractivity contribution in [3.63, 3.8) is 0 Å². The Morgan fingerprint density at radius 3 is 2.76 bits per heavy atom. The Bertz CT molecular complexity index is 705. The first-order valence-corrected chi connectivity index (χ1v) is 9.24. The zero-order chi connectivity index (χ0) is 17.6. The van der Waals surface area contributed by atoms with Crippen LogP contribution < -0.4 is 5.32 Å². The van der Waals surface area contributed by atoms with Crippen LogP contribution in [0.2, 0.25) is 0 Å². The lowest BCUT2D eigenvalue weighted by Crippen LogP contribution is -2.50. The van der Waals surface area contributed by atoms with E-state index in [9.17, 15) is 9.59 Å². The molecule has 1 aliphatic rings. The molecule has 7 nitrogen and oxygen atoms in total. The number of carbonyl (C=O) groups excluding carboxylic acids is 2. The van der Waals surface area contributed by atoms with Crippen molar-refractivity contribution >= 4 is 23.2 Å². The van der Waals surface area contributed by atoms with Gasteiger partial charge >= 0.3 is 0 Å². The van der Waals surface area contributed by atoms with E-state index in [1.165, 1.54) is 0 Å². The van der Waals surface area contributed by atoms with Crippen LogP contribution in [-0.2, 0) is 11.2 Å². The van der Waals surface area contributed by atoms with Gasteiger partial charge in [-0.1, -0.05) is 11.2 Å². The molecule has 2 aromatic heterocycles. The molecule has 134 valence electrons. The highest BCUT2D eigenvalue weighted by Crippen LogP contribution is 2.10. The largest absolute Gasteiger partial charge is 0.361 e. The van der Waals surface area contributed by atoms with Crippen LogP contribution in [-0.4, -0.2) is 66.0 Å². The minimum absolute atomic E-state index is 0.0534. The second-order valence-electron chi connectivity index (χ2n) is 6.06. The standard InChI is InChI=1S/C17H22N4O3S/c1-13-11-15(19-24-13)17(23)21-8-6-20(7-9-21)5-4-18-16(22)12-14-3-2-10-25-14/h2-3,10-11H,4-9,12H2,1H3,(H,18,22). The Balaban J connectivity index is 1.35. The van der Waals surface area contributed by atoms with Crippen molar-refractivity contribution in [2.45, 2.75) is 13.3 Å². The quantitative estimate of drug-likeness (QED) is 0.834.